The first kappa shape index (κ1) is 29.8. The van der Waals surface area contributed by atoms with Gasteiger partial charge in [0.25, 0.3) is 17.7 Å². The minimum Gasteiger partial charge on any atom is -0.494 e. The smallest absolute Gasteiger partial charge is 0.327 e. The number of amides is 5. The molecule has 0 saturated carbocycles. The van der Waals surface area contributed by atoms with Gasteiger partial charge >= 0.3 is 6.03 Å². The molecular formula is C32H28F2N4O7. The van der Waals surface area contributed by atoms with Gasteiger partial charge < -0.3 is 29.7 Å². The summed E-state index contributed by atoms with van der Waals surface area (Å²) in [5.41, 5.74) is -0.787. The first-order valence-electron chi connectivity index (χ1n) is 13.9. The van der Waals surface area contributed by atoms with E-state index in [2.05, 4.69) is 17.2 Å². The molecule has 1 atom stereocenters. The zero-order valence-electron chi connectivity index (χ0n) is 24.2. The number of hydrogen-bond acceptors (Lipinski definition) is 7. The lowest BCUT2D eigenvalue weighted by atomic mass is 9.93. The lowest BCUT2D eigenvalue weighted by Gasteiger charge is -2.33. The molecule has 6 rings (SSSR count). The van der Waals surface area contributed by atoms with E-state index in [-0.39, 0.29) is 47.9 Å². The molecule has 2 fully saturated rings. The number of nitrogens with one attached hydrogen (secondary N) is 2. The van der Waals surface area contributed by atoms with Gasteiger partial charge in [-0.2, -0.15) is 0 Å². The van der Waals surface area contributed by atoms with Gasteiger partial charge in [0, 0.05) is 13.1 Å². The highest BCUT2D eigenvalue weighted by atomic mass is 19.1. The van der Waals surface area contributed by atoms with Crippen molar-refractivity contribution in [3.63, 3.8) is 0 Å². The number of hydrogen-bond donors (Lipinski definition) is 2. The van der Waals surface area contributed by atoms with Crippen molar-refractivity contribution in [1.29, 1.82) is 0 Å². The van der Waals surface area contributed by atoms with Crippen LogP contribution in [0, 0.1) is 5.82 Å². The Balaban J connectivity index is 1.36. The van der Waals surface area contributed by atoms with Gasteiger partial charge in [-0.05, 0) is 40.5 Å². The van der Waals surface area contributed by atoms with Crippen LogP contribution in [0.25, 0.3) is 0 Å². The number of urea groups is 1. The van der Waals surface area contributed by atoms with Crippen LogP contribution < -0.4 is 15.4 Å². The van der Waals surface area contributed by atoms with Crippen LogP contribution in [0.5, 0.6) is 5.75 Å². The molecule has 0 bridgehead atoms. The van der Waals surface area contributed by atoms with E-state index in [1.807, 2.05) is 30.3 Å². The Kier molecular flexibility index (Phi) is 7.71. The van der Waals surface area contributed by atoms with Gasteiger partial charge in [0.1, 0.15) is 19.1 Å². The van der Waals surface area contributed by atoms with E-state index >= 15 is 8.78 Å². The summed E-state index contributed by atoms with van der Waals surface area (Å²) in [6, 6.07) is 11.2. The van der Waals surface area contributed by atoms with Gasteiger partial charge in [-0.1, -0.05) is 43.0 Å². The maximum absolute atomic E-state index is 15.3. The lowest BCUT2D eigenvalue weighted by molar-refractivity contribution is -0.136. The summed E-state index contributed by atoms with van der Waals surface area (Å²) in [5, 5.41) is 5.18. The summed E-state index contributed by atoms with van der Waals surface area (Å²) in [7, 11) is 1.27. The lowest BCUT2D eigenvalue weighted by Crippen LogP contribution is -2.57. The van der Waals surface area contributed by atoms with Crippen LogP contribution in [0.2, 0.25) is 0 Å². The van der Waals surface area contributed by atoms with E-state index in [4.69, 9.17) is 14.2 Å². The second-order valence-corrected chi connectivity index (χ2v) is 10.8. The summed E-state index contributed by atoms with van der Waals surface area (Å²) >= 11 is 0. The molecule has 0 aromatic heterocycles. The van der Waals surface area contributed by atoms with Crippen molar-refractivity contribution in [2.24, 2.45) is 0 Å². The van der Waals surface area contributed by atoms with E-state index in [0.29, 0.717) is 11.1 Å². The molecule has 232 valence electrons. The fourth-order valence-corrected chi connectivity index (χ4v) is 5.75. The second kappa shape index (κ2) is 11.7. The third-order valence-corrected chi connectivity index (χ3v) is 7.92. The van der Waals surface area contributed by atoms with Crippen LogP contribution in [0.4, 0.5) is 13.6 Å². The molecule has 4 aliphatic rings. The Morgan fingerprint density at radius 3 is 2.60 bits per heavy atom. The molecule has 2 saturated heterocycles. The molecule has 4 aliphatic heterocycles. The van der Waals surface area contributed by atoms with Crippen LogP contribution in [-0.4, -0.2) is 72.6 Å². The van der Waals surface area contributed by atoms with Gasteiger partial charge in [0.2, 0.25) is 0 Å². The number of imide groups is 1. The van der Waals surface area contributed by atoms with E-state index in [1.54, 1.807) is 0 Å². The SMILES string of the molecule is C=C1/C=C(/[C@]2(CN3Cc4ccc(OC)c(F)c4C3=O)NC(=O)N(COCc3ccccc3)C2=O)OC/C(F)=C2/C(=O)NC/C2=C/1. The van der Waals surface area contributed by atoms with Gasteiger partial charge in [-0.15, -0.1) is 0 Å². The molecule has 5 amide bonds. The highest BCUT2D eigenvalue weighted by Gasteiger charge is 2.57. The third kappa shape index (κ3) is 5.24. The Labute approximate surface area is 256 Å². The maximum atomic E-state index is 15.3. The van der Waals surface area contributed by atoms with Gasteiger partial charge in [0.15, 0.2) is 22.9 Å². The summed E-state index contributed by atoms with van der Waals surface area (Å²) in [6.45, 7) is 2.31. The molecule has 2 aromatic carbocycles. The number of benzene rings is 2. The molecule has 13 heteroatoms. The first-order valence-corrected chi connectivity index (χ1v) is 13.9. The number of methoxy groups -OCH3 is 1. The van der Waals surface area contributed by atoms with Crippen LogP contribution in [0.15, 0.2) is 89.5 Å². The van der Waals surface area contributed by atoms with E-state index in [1.165, 1.54) is 36.3 Å². The Morgan fingerprint density at radius 1 is 1.07 bits per heavy atom. The summed E-state index contributed by atoms with van der Waals surface area (Å²) in [6.07, 6.45) is 2.81. The van der Waals surface area contributed by atoms with Crippen LogP contribution >= 0.6 is 0 Å². The van der Waals surface area contributed by atoms with Crippen LogP contribution in [-0.2, 0) is 32.2 Å². The number of carbonyl (C=O) groups is 4. The monoisotopic (exact) mass is 618 g/mol. The van der Waals surface area contributed by atoms with E-state index in [0.717, 1.165) is 10.5 Å². The molecule has 0 spiro atoms. The summed E-state index contributed by atoms with van der Waals surface area (Å²) < 4.78 is 47.0. The number of halogens is 2. The highest BCUT2D eigenvalue weighted by molar-refractivity contribution is 6.10. The van der Waals surface area contributed by atoms with Crippen molar-refractivity contribution in [1.82, 2.24) is 20.4 Å². The minimum absolute atomic E-state index is 0.0622. The number of allylic oxidation sites excluding steroid dienone is 3. The Hall–Kier alpha value is -5.30. The second-order valence-electron chi connectivity index (χ2n) is 10.8. The van der Waals surface area contributed by atoms with Gasteiger partial charge in [-0.3, -0.25) is 14.4 Å². The van der Waals surface area contributed by atoms with Crippen molar-refractivity contribution in [3.05, 3.63) is 112 Å². The zero-order valence-corrected chi connectivity index (χ0v) is 24.2. The molecule has 0 unspecified atom stereocenters. The van der Waals surface area contributed by atoms with Crippen molar-refractivity contribution in [2.45, 2.75) is 18.7 Å². The molecule has 0 aliphatic carbocycles. The Bertz CT molecular complexity index is 1740. The average molecular weight is 619 g/mol. The fourth-order valence-electron chi connectivity index (χ4n) is 5.75. The Morgan fingerprint density at radius 2 is 1.84 bits per heavy atom. The summed E-state index contributed by atoms with van der Waals surface area (Å²) in [5.74, 6) is -4.33. The molecule has 11 nitrogen and oxygen atoms in total. The number of nitrogens with zero attached hydrogens (tertiary/aromatic N) is 2. The normalized spacial score (nSPS) is 25.3. The van der Waals surface area contributed by atoms with Crippen LogP contribution in [0.3, 0.4) is 0 Å². The van der Waals surface area contributed by atoms with Crippen LogP contribution in [0.1, 0.15) is 21.5 Å². The van der Waals surface area contributed by atoms with E-state index in [9.17, 15) is 19.2 Å². The van der Waals surface area contributed by atoms with Crippen molar-refractivity contribution < 1.29 is 42.2 Å². The summed E-state index contributed by atoms with van der Waals surface area (Å²) in [4.78, 5) is 55.4. The number of fused-ring (bicyclic) bond motifs is 2. The maximum Gasteiger partial charge on any atom is 0.327 e. The van der Waals surface area contributed by atoms with Gasteiger partial charge in [0.05, 0.1) is 31.4 Å². The average Bonchev–Trinajstić information content (AvgIpc) is 3.63. The van der Waals surface area contributed by atoms with Crippen molar-refractivity contribution in [2.75, 3.05) is 33.5 Å². The fraction of sp³-hybridized carbons (Fsp3) is 0.250. The van der Waals surface area contributed by atoms with Crippen molar-refractivity contribution >= 4 is 23.8 Å². The minimum atomic E-state index is -2.08. The molecule has 2 N–H and O–H groups in total. The van der Waals surface area contributed by atoms with Gasteiger partial charge in [-0.25, -0.2) is 18.5 Å². The topological polar surface area (TPSA) is 127 Å². The highest BCUT2D eigenvalue weighted by Crippen LogP contribution is 2.36. The number of ether oxygens (including phenoxy) is 3. The quantitative estimate of drug-likeness (QED) is 0.436. The third-order valence-electron chi connectivity index (χ3n) is 7.92. The van der Waals surface area contributed by atoms with Crippen molar-refractivity contribution in [3.8, 4) is 5.75 Å². The zero-order chi connectivity index (χ0) is 31.9. The molecule has 2 aromatic rings. The largest absolute Gasteiger partial charge is 0.494 e. The first-order chi connectivity index (χ1) is 21.6. The predicted octanol–water partition coefficient (Wildman–Crippen LogP) is 3.01. The molecular weight excluding hydrogens is 590 g/mol. The molecule has 4 heterocycles. The predicted molar refractivity (Wildman–Crippen MR) is 154 cm³/mol. The molecule has 45 heavy (non-hydrogen) atoms. The number of rotatable bonds is 8. The van der Waals surface area contributed by atoms with E-state index < -0.39 is 60.8 Å². The standard InChI is InChI=1S/C32H28F2N4O7/c1-18-10-21-12-35-28(39)25(21)22(33)15-45-24(11-18)32(16-37-13-20-8-9-23(43-2)27(34)26(20)29(37)40)30(41)38(31(42)36-32)17-44-14-19-6-4-3-5-7-19/h3-11H,1,12-17H2,2H3,(H,35,39)(H,36,42)/b21-10-,24-11-,25-22-/t32-/m0/s1. The molecule has 0 radical (unpaired) electrons. The number of carbonyl (C=O) groups excluding carboxylic acids is 4.